The molecule has 3 aromatic rings. The lowest BCUT2D eigenvalue weighted by molar-refractivity contribution is -0.136. The van der Waals surface area contributed by atoms with Crippen LogP contribution in [0.2, 0.25) is 0 Å². The molecular formula is C19H17N5O3. The van der Waals surface area contributed by atoms with Crippen LogP contribution in [0.15, 0.2) is 61.2 Å². The van der Waals surface area contributed by atoms with E-state index in [1.165, 1.54) is 0 Å². The third-order valence-electron chi connectivity index (χ3n) is 3.81. The van der Waals surface area contributed by atoms with E-state index in [9.17, 15) is 14.4 Å². The Bertz CT molecular complexity index is 965. The molecule has 2 heterocycles. The van der Waals surface area contributed by atoms with E-state index in [0.717, 1.165) is 5.56 Å². The number of nitrogens with one attached hydrogen (secondary N) is 2. The van der Waals surface area contributed by atoms with Gasteiger partial charge in [0, 0.05) is 49.6 Å². The summed E-state index contributed by atoms with van der Waals surface area (Å²) in [7, 11) is 1.74. The van der Waals surface area contributed by atoms with E-state index in [0.29, 0.717) is 17.1 Å². The molecule has 27 heavy (non-hydrogen) atoms. The van der Waals surface area contributed by atoms with Crippen LogP contribution < -0.4 is 10.6 Å². The van der Waals surface area contributed by atoms with Crippen molar-refractivity contribution >= 4 is 23.3 Å². The lowest BCUT2D eigenvalue weighted by Crippen LogP contribution is -2.34. The van der Waals surface area contributed by atoms with E-state index in [4.69, 9.17) is 0 Å². The summed E-state index contributed by atoms with van der Waals surface area (Å²) in [5.41, 5.74) is 1.63. The van der Waals surface area contributed by atoms with Gasteiger partial charge in [-0.3, -0.25) is 19.4 Å². The molecule has 0 unspecified atom stereocenters. The van der Waals surface area contributed by atoms with Crippen LogP contribution >= 0.6 is 0 Å². The zero-order valence-electron chi connectivity index (χ0n) is 14.5. The molecule has 2 N–H and O–H groups in total. The van der Waals surface area contributed by atoms with Crippen LogP contribution in [0.4, 0.5) is 5.69 Å². The highest BCUT2D eigenvalue weighted by Crippen LogP contribution is 2.13. The second-order valence-corrected chi connectivity index (χ2v) is 5.77. The number of amides is 2. The number of nitrogens with zero attached hydrogens (tertiary/aromatic N) is 3. The minimum absolute atomic E-state index is 0.206. The molecule has 0 radical (unpaired) electrons. The van der Waals surface area contributed by atoms with E-state index >= 15 is 0 Å². The average molecular weight is 363 g/mol. The first-order valence-electron chi connectivity index (χ1n) is 8.15. The molecule has 0 aliphatic carbocycles. The van der Waals surface area contributed by atoms with Crippen LogP contribution in [-0.4, -0.2) is 32.1 Å². The number of aromatic nitrogens is 3. The number of ketones is 1. The summed E-state index contributed by atoms with van der Waals surface area (Å²) in [4.78, 5) is 44.1. The van der Waals surface area contributed by atoms with Gasteiger partial charge < -0.3 is 15.2 Å². The molecule has 0 bridgehead atoms. The van der Waals surface area contributed by atoms with Gasteiger partial charge in [-0.1, -0.05) is 6.07 Å². The summed E-state index contributed by atoms with van der Waals surface area (Å²) in [6, 6.07) is 9.79. The van der Waals surface area contributed by atoms with Gasteiger partial charge in [-0.15, -0.1) is 0 Å². The highest BCUT2D eigenvalue weighted by Gasteiger charge is 2.16. The molecular weight excluding hydrogens is 346 g/mol. The summed E-state index contributed by atoms with van der Waals surface area (Å²) in [5, 5.41) is 5.01. The predicted octanol–water partition coefficient (Wildman–Crippen LogP) is 1.30. The van der Waals surface area contributed by atoms with Crippen LogP contribution in [0.25, 0.3) is 0 Å². The van der Waals surface area contributed by atoms with Gasteiger partial charge in [0.1, 0.15) is 0 Å². The van der Waals surface area contributed by atoms with Gasteiger partial charge in [-0.2, -0.15) is 0 Å². The molecule has 3 rings (SSSR count). The molecule has 0 aliphatic rings. The standard InChI is InChI=1S/C19H17N5O3/c1-24-10-9-21-17(24)16(25)14-4-6-15(7-5-14)23-19(27)18(26)22-12-13-3-2-8-20-11-13/h2-11H,12H2,1H3,(H,22,26)(H,23,27). The van der Waals surface area contributed by atoms with E-state index in [-0.39, 0.29) is 12.3 Å². The molecule has 2 aromatic heterocycles. The van der Waals surface area contributed by atoms with E-state index in [1.54, 1.807) is 72.8 Å². The Labute approximate surface area is 155 Å². The molecule has 0 atom stereocenters. The zero-order chi connectivity index (χ0) is 19.2. The van der Waals surface area contributed by atoms with Gasteiger partial charge in [0.15, 0.2) is 5.82 Å². The molecule has 8 heteroatoms. The van der Waals surface area contributed by atoms with Gasteiger partial charge in [0.25, 0.3) is 0 Å². The number of rotatable bonds is 5. The Morgan fingerprint density at radius 2 is 1.81 bits per heavy atom. The smallest absolute Gasteiger partial charge is 0.313 e. The van der Waals surface area contributed by atoms with Crippen molar-refractivity contribution in [3.63, 3.8) is 0 Å². The quantitative estimate of drug-likeness (QED) is 0.525. The fourth-order valence-electron chi connectivity index (χ4n) is 2.37. The van der Waals surface area contributed by atoms with Gasteiger partial charge in [-0.25, -0.2) is 4.98 Å². The molecule has 136 valence electrons. The number of hydrogen-bond donors (Lipinski definition) is 2. The SMILES string of the molecule is Cn1ccnc1C(=O)c1ccc(NC(=O)C(=O)NCc2cccnc2)cc1. The van der Waals surface area contributed by atoms with Crippen LogP contribution in [0.5, 0.6) is 0 Å². The fraction of sp³-hybridized carbons (Fsp3) is 0.105. The molecule has 0 saturated heterocycles. The van der Waals surface area contributed by atoms with Gasteiger partial charge in [-0.05, 0) is 35.9 Å². The fourth-order valence-corrected chi connectivity index (χ4v) is 2.37. The highest BCUT2D eigenvalue weighted by atomic mass is 16.2. The van der Waals surface area contributed by atoms with Crippen molar-refractivity contribution in [2.75, 3.05) is 5.32 Å². The first-order valence-corrected chi connectivity index (χ1v) is 8.15. The second kappa shape index (κ2) is 8.05. The number of benzene rings is 1. The van der Waals surface area contributed by atoms with Gasteiger partial charge in [0.05, 0.1) is 0 Å². The van der Waals surface area contributed by atoms with Crippen LogP contribution in [0.3, 0.4) is 0 Å². The maximum absolute atomic E-state index is 12.3. The second-order valence-electron chi connectivity index (χ2n) is 5.77. The number of anilines is 1. The first kappa shape index (κ1) is 18.0. The number of aryl methyl sites for hydroxylation is 1. The van der Waals surface area contributed by atoms with Crippen molar-refractivity contribution in [3.8, 4) is 0 Å². The maximum Gasteiger partial charge on any atom is 0.313 e. The Morgan fingerprint density at radius 3 is 2.44 bits per heavy atom. The minimum Gasteiger partial charge on any atom is -0.344 e. The Balaban J connectivity index is 1.57. The topological polar surface area (TPSA) is 106 Å². The van der Waals surface area contributed by atoms with Crippen LogP contribution in [0, 0.1) is 0 Å². The first-order chi connectivity index (χ1) is 13.0. The number of imidazole rings is 1. The van der Waals surface area contributed by atoms with E-state index in [2.05, 4.69) is 20.6 Å². The summed E-state index contributed by atoms with van der Waals surface area (Å²) in [6.45, 7) is 0.206. The Morgan fingerprint density at radius 1 is 1.04 bits per heavy atom. The predicted molar refractivity (Wildman–Crippen MR) is 97.8 cm³/mol. The summed E-state index contributed by atoms with van der Waals surface area (Å²) in [5.74, 6) is -1.45. The molecule has 0 saturated carbocycles. The monoisotopic (exact) mass is 363 g/mol. The summed E-state index contributed by atoms with van der Waals surface area (Å²) >= 11 is 0. The van der Waals surface area contributed by atoms with Crippen molar-refractivity contribution in [1.29, 1.82) is 0 Å². The maximum atomic E-state index is 12.3. The van der Waals surface area contributed by atoms with Crippen molar-refractivity contribution in [2.24, 2.45) is 7.05 Å². The molecule has 0 aliphatic heterocycles. The molecule has 0 fully saturated rings. The Kier molecular flexibility index (Phi) is 5.36. The van der Waals surface area contributed by atoms with Crippen molar-refractivity contribution in [3.05, 3.63) is 78.1 Å². The number of carbonyl (C=O) groups is 3. The third kappa shape index (κ3) is 4.43. The number of pyridine rings is 1. The van der Waals surface area contributed by atoms with Crippen LogP contribution in [-0.2, 0) is 23.2 Å². The average Bonchev–Trinajstić information content (AvgIpc) is 3.12. The lowest BCUT2D eigenvalue weighted by atomic mass is 10.1. The van der Waals surface area contributed by atoms with Gasteiger partial charge in [0.2, 0.25) is 5.78 Å². The summed E-state index contributed by atoms with van der Waals surface area (Å²) in [6.07, 6.45) is 6.47. The summed E-state index contributed by atoms with van der Waals surface area (Å²) < 4.78 is 1.63. The van der Waals surface area contributed by atoms with E-state index < -0.39 is 11.8 Å². The number of hydrogen-bond acceptors (Lipinski definition) is 5. The largest absolute Gasteiger partial charge is 0.344 e. The third-order valence-corrected chi connectivity index (χ3v) is 3.81. The lowest BCUT2D eigenvalue weighted by Gasteiger charge is -2.07. The minimum atomic E-state index is -0.790. The molecule has 8 nitrogen and oxygen atoms in total. The number of carbonyl (C=O) groups excluding carboxylic acids is 3. The Hall–Kier alpha value is -3.81. The van der Waals surface area contributed by atoms with Crippen molar-refractivity contribution in [1.82, 2.24) is 19.9 Å². The van der Waals surface area contributed by atoms with Crippen LogP contribution in [0.1, 0.15) is 21.7 Å². The molecule has 0 spiro atoms. The molecule has 2 amide bonds. The zero-order valence-corrected chi connectivity index (χ0v) is 14.5. The van der Waals surface area contributed by atoms with Crippen molar-refractivity contribution in [2.45, 2.75) is 6.54 Å². The van der Waals surface area contributed by atoms with Crippen molar-refractivity contribution < 1.29 is 14.4 Å². The molecule has 1 aromatic carbocycles. The van der Waals surface area contributed by atoms with E-state index in [1.807, 2.05) is 0 Å². The normalized spacial score (nSPS) is 10.3. The van der Waals surface area contributed by atoms with Gasteiger partial charge >= 0.3 is 11.8 Å². The highest BCUT2D eigenvalue weighted by molar-refractivity contribution is 6.39.